The third kappa shape index (κ3) is 13.8. The number of likely N-dealkylation sites (N-methyl/N-ethyl adjacent to an activating group) is 2. The average molecular weight is 603 g/mol. The molecule has 0 bridgehead atoms. The van der Waals surface area contributed by atoms with E-state index in [1.807, 2.05) is 63.2 Å². The van der Waals surface area contributed by atoms with Crippen molar-refractivity contribution in [3.63, 3.8) is 0 Å². The predicted octanol–water partition coefficient (Wildman–Crippen LogP) is 3.23. The van der Waals surface area contributed by atoms with Crippen LogP contribution in [0.2, 0.25) is 0 Å². The number of nitrogens with one attached hydrogen (secondary N) is 2. The number of hydrogen-bond acceptors (Lipinski definition) is 6. The van der Waals surface area contributed by atoms with Crippen LogP contribution in [0.25, 0.3) is 0 Å². The van der Waals surface area contributed by atoms with Crippen LogP contribution in [0.15, 0.2) is 30.3 Å². The first-order chi connectivity index (χ1) is 20.4. The zero-order chi connectivity index (χ0) is 31.9. The van der Waals surface area contributed by atoms with E-state index in [0.717, 1.165) is 37.8 Å². The van der Waals surface area contributed by atoms with Crippen LogP contribution in [0.4, 0.5) is 0 Å². The summed E-state index contributed by atoms with van der Waals surface area (Å²) in [4.78, 5) is 43.3. The quantitative estimate of drug-likeness (QED) is 0.205. The van der Waals surface area contributed by atoms with Gasteiger partial charge in [0.15, 0.2) is 0 Å². The maximum absolute atomic E-state index is 13.4. The van der Waals surface area contributed by atoms with E-state index in [2.05, 4.69) is 10.6 Å². The molecule has 1 aliphatic carbocycles. The minimum atomic E-state index is -1.05. The van der Waals surface area contributed by atoms with Crippen molar-refractivity contribution < 1.29 is 24.6 Å². The molecule has 1 aliphatic rings. The van der Waals surface area contributed by atoms with Gasteiger partial charge in [0.25, 0.3) is 0 Å². The summed E-state index contributed by atoms with van der Waals surface area (Å²) in [6, 6.07) is 9.09. The monoisotopic (exact) mass is 602 g/mol. The molecular weight excluding hydrogens is 544 g/mol. The molecular formula is C34H58N4O5. The van der Waals surface area contributed by atoms with Gasteiger partial charge in [-0.15, -0.1) is 0 Å². The maximum Gasteiger partial charge on any atom is 0.224 e. The number of carbonyl (C=O) groups is 3. The summed E-state index contributed by atoms with van der Waals surface area (Å²) in [5.41, 5.74) is 0.969. The van der Waals surface area contributed by atoms with Gasteiger partial charge in [-0.25, -0.2) is 0 Å². The van der Waals surface area contributed by atoms with E-state index in [1.54, 1.807) is 18.9 Å². The van der Waals surface area contributed by atoms with E-state index in [9.17, 15) is 24.6 Å². The minimum absolute atomic E-state index is 0.0780. The normalized spacial score (nSPS) is 17.6. The number of aliphatic hydroxyl groups is 2. The minimum Gasteiger partial charge on any atom is -0.390 e. The van der Waals surface area contributed by atoms with Gasteiger partial charge in [0.05, 0.1) is 24.0 Å². The Morgan fingerprint density at radius 3 is 2.19 bits per heavy atom. The molecule has 0 unspecified atom stereocenters. The highest BCUT2D eigenvalue weighted by molar-refractivity contribution is 5.86. The molecule has 3 amide bonds. The largest absolute Gasteiger partial charge is 0.390 e. The number of aliphatic hydroxyl groups excluding tert-OH is 2. The summed E-state index contributed by atoms with van der Waals surface area (Å²) in [7, 11) is 5.66. The second-order valence-electron chi connectivity index (χ2n) is 13.4. The zero-order valence-corrected chi connectivity index (χ0v) is 27.4. The molecule has 1 aromatic carbocycles. The molecule has 9 heteroatoms. The number of hydrogen-bond donors (Lipinski definition) is 4. The maximum atomic E-state index is 13.4. The summed E-state index contributed by atoms with van der Waals surface area (Å²) in [6.45, 7) is 7.15. The molecule has 0 radical (unpaired) electrons. The summed E-state index contributed by atoms with van der Waals surface area (Å²) >= 11 is 0. The lowest BCUT2D eigenvalue weighted by Gasteiger charge is -2.33. The molecule has 9 nitrogen and oxygen atoms in total. The third-order valence-corrected chi connectivity index (χ3v) is 8.61. The summed E-state index contributed by atoms with van der Waals surface area (Å²) < 4.78 is 0. The Kier molecular flexibility index (Phi) is 16.2. The van der Waals surface area contributed by atoms with Gasteiger partial charge >= 0.3 is 0 Å². The Morgan fingerprint density at radius 2 is 1.58 bits per heavy atom. The van der Waals surface area contributed by atoms with E-state index >= 15 is 0 Å². The highest BCUT2D eigenvalue weighted by atomic mass is 16.3. The van der Waals surface area contributed by atoms with Crippen LogP contribution in [0.5, 0.6) is 0 Å². The van der Waals surface area contributed by atoms with Crippen LogP contribution >= 0.6 is 0 Å². The molecule has 244 valence electrons. The Morgan fingerprint density at radius 1 is 0.930 bits per heavy atom. The molecule has 1 fully saturated rings. The van der Waals surface area contributed by atoms with E-state index in [0.29, 0.717) is 31.7 Å². The van der Waals surface area contributed by atoms with Gasteiger partial charge in [0, 0.05) is 33.1 Å². The first kappa shape index (κ1) is 36.7. The lowest BCUT2D eigenvalue weighted by molar-refractivity contribution is -0.135. The van der Waals surface area contributed by atoms with Gasteiger partial charge in [0.2, 0.25) is 17.7 Å². The Bertz CT molecular complexity index is 967. The lowest BCUT2D eigenvalue weighted by Crippen LogP contribution is -2.52. The Labute approximate surface area is 259 Å². The van der Waals surface area contributed by atoms with E-state index in [4.69, 9.17) is 0 Å². The number of carbonyl (C=O) groups excluding carboxylic acids is 3. The van der Waals surface area contributed by atoms with Crippen molar-refractivity contribution >= 4 is 17.7 Å². The van der Waals surface area contributed by atoms with Crippen molar-refractivity contribution in [2.45, 2.75) is 96.8 Å². The van der Waals surface area contributed by atoms with Crippen LogP contribution in [0.3, 0.4) is 0 Å². The van der Waals surface area contributed by atoms with Crippen molar-refractivity contribution in [2.75, 3.05) is 40.8 Å². The van der Waals surface area contributed by atoms with Gasteiger partial charge in [0.1, 0.15) is 6.10 Å². The fourth-order valence-electron chi connectivity index (χ4n) is 5.77. The molecule has 0 saturated heterocycles. The second-order valence-corrected chi connectivity index (χ2v) is 13.4. The highest BCUT2D eigenvalue weighted by Crippen LogP contribution is 2.29. The standard InChI is InChI=1S/C34H58N4O5/c1-24(2)19-30(39)32(41)29(21-27-15-11-8-12-16-27)36-33(42)25(3)23-35-34(43)28(20-26-13-9-7-10-14-26)22-31(40)38(6)18-17-37(4)5/h7,9-10,13-14,24-25,27-30,32,39,41H,8,11-12,15-23H2,1-6H3,(H,35,43)(H,36,42)/t25-,28-,29+,30+,32-/m1/s1. The molecule has 5 atom stereocenters. The number of nitrogens with zero attached hydrogens (tertiary/aromatic N) is 2. The van der Waals surface area contributed by atoms with Gasteiger partial charge in [-0.05, 0) is 50.8 Å². The third-order valence-electron chi connectivity index (χ3n) is 8.61. The zero-order valence-electron chi connectivity index (χ0n) is 27.4. The van der Waals surface area contributed by atoms with E-state index < -0.39 is 30.1 Å². The average Bonchev–Trinajstić information content (AvgIpc) is 2.97. The molecule has 4 N–H and O–H groups in total. The number of amides is 3. The van der Waals surface area contributed by atoms with Crippen LogP contribution in [0, 0.1) is 23.7 Å². The SMILES string of the molecule is CC(C)C[C@H](O)[C@H](O)[C@H](CC1CCCCC1)NC(=O)[C@H](C)CNC(=O)[C@@H](CC(=O)N(C)CCN(C)C)Cc1ccccc1. The first-order valence-corrected chi connectivity index (χ1v) is 16.2. The molecule has 0 aromatic heterocycles. The topological polar surface area (TPSA) is 122 Å². The lowest BCUT2D eigenvalue weighted by atomic mass is 9.82. The fourth-order valence-corrected chi connectivity index (χ4v) is 5.77. The van der Waals surface area contributed by atoms with Crippen molar-refractivity contribution in [2.24, 2.45) is 23.7 Å². The summed E-state index contributed by atoms with van der Waals surface area (Å²) in [5.74, 6) is -1.12. The molecule has 0 aliphatic heterocycles. The van der Waals surface area contributed by atoms with Crippen molar-refractivity contribution in [3.05, 3.63) is 35.9 Å². The van der Waals surface area contributed by atoms with Crippen LogP contribution < -0.4 is 10.6 Å². The van der Waals surface area contributed by atoms with Crippen molar-refractivity contribution in [3.8, 4) is 0 Å². The predicted molar refractivity (Wildman–Crippen MR) is 171 cm³/mol. The Balaban J connectivity index is 2.04. The van der Waals surface area contributed by atoms with Gasteiger partial charge in [-0.1, -0.05) is 83.2 Å². The van der Waals surface area contributed by atoms with Gasteiger partial charge < -0.3 is 30.6 Å². The van der Waals surface area contributed by atoms with Crippen LogP contribution in [-0.2, 0) is 20.8 Å². The second kappa shape index (κ2) is 19.0. The molecule has 0 spiro atoms. The van der Waals surface area contributed by atoms with Crippen molar-refractivity contribution in [1.82, 2.24) is 20.4 Å². The van der Waals surface area contributed by atoms with Crippen LogP contribution in [0.1, 0.15) is 77.7 Å². The van der Waals surface area contributed by atoms with Crippen LogP contribution in [-0.4, -0.2) is 96.8 Å². The van der Waals surface area contributed by atoms with Gasteiger partial charge in [-0.2, -0.15) is 0 Å². The summed E-state index contributed by atoms with van der Waals surface area (Å²) in [6.07, 6.45) is 5.25. The smallest absolute Gasteiger partial charge is 0.224 e. The van der Waals surface area contributed by atoms with Gasteiger partial charge in [-0.3, -0.25) is 14.4 Å². The van der Waals surface area contributed by atoms with E-state index in [1.165, 1.54) is 6.42 Å². The fraction of sp³-hybridized carbons (Fsp3) is 0.735. The molecule has 2 rings (SSSR count). The Hall–Kier alpha value is -2.49. The highest BCUT2D eigenvalue weighted by Gasteiger charge is 2.32. The number of benzene rings is 1. The number of rotatable bonds is 18. The molecule has 0 heterocycles. The van der Waals surface area contributed by atoms with Crippen molar-refractivity contribution in [1.29, 1.82) is 0 Å². The first-order valence-electron chi connectivity index (χ1n) is 16.2. The van der Waals surface area contributed by atoms with E-state index in [-0.39, 0.29) is 36.6 Å². The molecule has 1 aromatic rings. The molecule has 1 saturated carbocycles. The molecule has 43 heavy (non-hydrogen) atoms. The summed E-state index contributed by atoms with van der Waals surface area (Å²) in [5, 5.41) is 27.7.